The second-order valence-electron chi connectivity index (χ2n) is 3.92. The first kappa shape index (κ1) is 14.1. The summed E-state index contributed by atoms with van der Waals surface area (Å²) >= 11 is 0. The van der Waals surface area contributed by atoms with Gasteiger partial charge in [0.15, 0.2) is 5.54 Å². The van der Waals surface area contributed by atoms with Crippen LogP contribution in [-0.4, -0.2) is 19.0 Å². The van der Waals surface area contributed by atoms with Gasteiger partial charge in [0, 0.05) is 12.5 Å². The van der Waals surface area contributed by atoms with Crippen molar-refractivity contribution in [1.29, 1.82) is 0 Å². The molecule has 0 radical (unpaired) electrons. The summed E-state index contributed by atoms with van der Waals surface area (Å²) in [5, 5.41) is 2.27. The third-order valence-corrected chi connectivity index (χ3v) is 2.49. The van der Waals surface area contributed by atoms with Gasteiger partial charge in [-0.15, -0.1) is 0 Å². The summed E-state index contributed by atoms with van der Waals surface area (Å²) in [6.07, 6.45) is 0. The van der Waals surface area contributed by atoms with Crippen molar-refractivity contribution in [2.75, 3.05) is 7.11 Å². The number of ether oxygens (including phenoxy) is 1. The van der Waals surface area contributed by atoms with E-state index in [4.69, 9.17) is 0 Å². The van der Waals surface area contributed by atoms with Gasteiger partial charge in [-0.1, -0.05) is 0 Å². The van der Waals surface area contributed by atoms with Crippen LogP contribution in [0.1, 0.15) is 19.4 Å². The number of benzene rings is 1. The van der Waals surface area contributed by atoms with Crippen LogP contribution in [0.25, 0.3) is 0 Å². The van der Waals surface area contributed by atoms with Gasteiger partial charge in [-0.2, -0.15) is 0 Å². The van der Waals surface area contributed by atoms with Crippen LogP contribution < -0.4 is 5.32 Å². The first-order chi connectivity index (χ1) is 8.31. The fourth-order valence-corrected chi connectivity index (χ4v) is 1.67. The highest BCUT2D eigenvalue weighted by Gasteiger charge is 2.39. The molecule has 0 unspecified atom stereocenters. The molecule has 1 aromatic carbocycles. The lowest BCUT2D eigenvalue weighted by atomic mass is 9.91. The molecule has 0 saturated carbocycles. The molecule has 0 aromatic heterocycles. The van der Waals surface area contributed by atoms with E-state index in [1.807, 2.05) is 0 Å². The van der Waals surface area contributed by atoms with Crippen LogP contribution in [0.5, 0.6) is 0 Å². The van der Waals surface area contributed by atoms with Crippen molar-refractivity contribution < 1.29 is 23.1 Å². The van der Waals surface area contributed by atoms with E-state index in [9.17, 15) is 18.4 Å². The minimum atomic E-state index is -1.77. The summed E-state index contributed by atoms with van der Waals surface area (Å²) in [5.74, 6) is -2.97. The number of methoxy groups -OCH3 is 1. The van der Waals surface area contributed by atoms with Crippen LogP contribution in [0.2, 0.25) is 0 Å². The first-order valence-electron chi connectivity index (χ1n) is 5.14. The van der Waals surface area contributed by atoms with Crippen molar-refractivity contribution in [3.63, 3.8) is 0 Å². The van der Waals surface area contributed by atoms with Crippen molar-refractivity contribution in [3.05, 3.63) is 35.4 Å². The molecule has 1 N–H and O–H groups in total. The number of halogens is 2. The third kappa shape index (κ3) is 2.64. The lowest BCUT2D eigenvalue weighted by Gasteiger charge is -2.28. The van der Waals surface area contributed by atoms with Crippen LogP contribution in [0, 0.1) is 11.6 Å². The van der Waals surface area contributed by atoms with Gasteiger partial charge in [-0.3, -0.25) is 4.79 Å². The quantitative estimate of drug-likeness (QED) is 0.835. The van der Waals surface area contributed by atoms with Gasteiger partial charge in [0.05, 0.1) is 7.11 Å². The monoisotopic (exact) mass is 257 g/mol. The van der Waals surface area contributed by atoms with E-state index in [-0.39, 0.29) is 5.56 Å². The summed E-state index contributed by atoms with van der Waals surface area (Å²) in [4.78, 5) is 22.8. The Morgan fingerprint density at radius 1 is 1.33 bits per heavy atom. The van der Waals surface area contributed by atoms with Crippen molar-refractivity contribution in [1.82, 2.24) is 5.32 Å². The SMILES string of the molecule is COC(=O)[C@@](C)(NC(C)=O)c1cc(F)ccc1F. The second-order valence-corrected chi connectivity index (χ2v) is 3.92. The minimum Gasteiger partial charge on any atom is -0.467 e. The van der Waals surface area contributed by atoms with E-state index in [0.717, 1.165) is 25.3 Å². The van der Waals surface area contributed by atoms with E-state index >= 15 is 0 Å². The maximum Gasteiger partial charge on any atom is 0.336 e. The molecule has 0 heterocycles. The summed E-state index contributed by atoms with van der Waals surface area (Å²) < 4.78 is 31.4. The number of hydrogen-bond donors (Lipinski definition) is 1. The minimum absolute atomic E-state index is 0.287. The number of esters is 1. The molecule has 1 amide bonds. The van der Waals surface area contributed by atoms with Crippen molar-refractivity contribution in [2.45, 2.75) is 19.4 Å². The molecule has 98 valence electrons. The molecular weight excluding hydrogens is 244 g/mol. The van der Waals surface area contributed by atoms with Gasteiger partial charge in [-0.25, -0.2) is 13.6 Å². The molecule has 0 fully saturated rings. The zero-order chi connectivity index (χ0) is 13.9. The van der Waals surface area contributed by atoms with Crippen LogP contribution in [0.15, 0.2) is 18.2 Å². The molecule has 0 aliphatic heterocycles. The average molecular weight is 257 g/mol. The summed E-state index contributed by atoms with van der Waals surface area (Å²) in [6, 6.07) is 2.65. The average Bonchev–Trinajstić information content (AvgIpc) is 2.30. The molecule has 1 aromatic rings. The largest absolute Gasteiger partial charge is 0.467 e. The van der Waals surface area contributed by atoms with Gasteiger partial charge < -0.3 is 10.1 Å². The molecule has 0 aliphatic carbocycles. The van der Waals surface area contributed by atoms with Gasteiger partial charge in [0.25, 0.3) is 0 Å². The van der Waals surface area contributed by atoms with Gasteiger partial charge in [-0.05, 0) is 25.1 Å². The fourth-order valence-electron chi connectivity index (χ4n) is 1.67. The van der Waals surface area contributed by atoms with E-state index in [1.165, 1.54) is 13.8 Å². The molecule has 6 heteroatoms. The topological polar surface area (TPSA) is 55.4 Å². The first-order valence-corrected chi connectivity index (χ1v) is 5.14. The zero-order valence-electron chi connectivity index (χ0n) is 10.2. The lowest BCUT2D eigenvalue weighted by Crippen LogP contribution is -2.50. The van der Waals surface area contributed by atoms with E-state index in [2.05, 4.69) is 10.1 Å². The summed E-state index contributed by atoms with van der Waals surface area (Å²) in [5.41, 5.74) is -2.06. The Bertz CT molecular complexity index is 490. The van der Waals surface area contributed by atoms with Gasteiger partial charge >= 0.3 is 5.97 Å². The van der Waals surface area contributed by atoms with E-state index in [1.54, 1.807) is 0 Å². The number of carbonyl (C=O) groups excluding carboxylic acids is 2. The van der Waals surface area contributed by atoms with E-state index in [0.29, 0.717) is 0 Å². The number of amides is 1. The normalized spacial score (nSPS) is 13.6. The maximum absolute atomic E-state index is 13.7. The predicted octanol–water partition coefficient (Wildman–Crippen LogP) is 1.49. The van der Waals surface area contributed by atoms with Crippen LogP contribution in [0.4, 0.5) is 8.78 Å². The van der Waals surface area contributed by atoms with Crippen molar-refractivity contribution >= 4 is 11.9 Å². The Morgan fingerprint density at radius 2 is 1.94 bits per heavy atom. The Kier molecular flexibility index (Phi) is 4.00. The Hall–Kier alpha value is -1.98. The van der Waals surface area contributed by atoms with Crippen LogP contribution >= 0.6 is 0 Å². The Labute approximate surface area is 103 Å². The highest BCUT2D eigenvalue weighted by molar-refractivity contribution is 5.88. The highest BCUT2D eigenvalue weighted by Crippen LogP contribution is 2.26. The zero-order valence-corrected chi connectivity index (χ0v) is 10.2. The molecule has 1 rings (SSSR count). The Morgan fingerprint density at radius 3 is 2.44 bits per heavy atom. The van der Waals surface area contributed by atoms with Crippen molar-refractivity contribution in [3.8, 4) is 0 Å². The van der Waals surface area contributed by atoms with Crippen LogP contribution in [0.3, 0.4) is 0 Å². The summed E-state index contributed by atoms with van der Waals surface area (Å²) in [6.45, 7) is 2.41. The number of carbonyl (C=O) groups is 2. The molecule has 0 bridgehead atoms. The van der Waals surface area contributed by atoms with Gasteiger partial charge in [0.1, 0.15) is 11.6 Å². The smallest absolute Gasteiger partial charge is 0.336 e. The predicted molar refractivity (Wildman–Crippen MR) is 59.5 cm³/mol. The fraction of sp³-hybridized carbons (Fsp3) is 0.333. The Balaban J connectivity index is 3.38. The second kappa shape index (κ2) is 5.12. The third-order valence-electron chi connectivity index (χ3n) is 2.49. The molecule has 4 nitrogen and oxygen atoms in total. The number of rotatable bonds is 3. The number of hydrogen-bond acceptors (Lipinski definition) is 3. The number of nitrogens with one attached hydrogen (secondary N) is 1. The summed E-state index contributed by atoms with van der Waals surface area (Å²) in [7, 11) is 1.10. The molecule has 0 spiro atoms. The molecule has 1 atom stereocenters. The van der Waals surface area contributed by atoms with Crippen molar-refractivity contribution in [2.24, 2.45) is 0 Å². The maximum atomic E-state index is 13.7. The lowest BCUT2D eigenvalue weighted by molar-refractivity contribution is -0.150. The van der Waals surface area contributed by atoms with Crippen LogP contribution in [-0.2, 0) is 19.9 Å². The molecule has 18 heavy (non-hydrogen) atoms. The molecule has 0 aliphatic rings. The molecular formula is C12H13F2NO3. The highest BCUT2D eigenvalue weighted by atomic mass is 19.1. The van der Waals surface area contributed by atoms with E-state index < -0.39 is 29.0 Å². The molecule has 0 saturated heterocycles. The standard InChI is InChI=1S/C12H13F2NO3/c1-7(16)15-12(2,11(17)18-3)9-6-8(13)4-5-10(9)14/h4-6H,1-3H3,(H,15,16)/t12-/m0/s1. The van der Waals surface area contributed by atoms with Gasteiger partial charge in [0.2, 0.25) is 5.91 Å².